The second-order valence-corrected chi connectivity index (χ2v) is 18.0. The summed E-state index contributed by atoms with van der Waals surface area (Å²) in [6, 6.07) is 96.1. The minimum absolute atomic E-state index is 0.613. The van der Waals surface area contributed by atoms with Crippen molar-refractivity contribution in [2.75, 3.05) is 9.80 Å². The molecule has 0 aliphatic heterocycles. The summed E-state index contributed by atoms with van der Waals surface area (Å²) in [6.45, 7) is 0. The summed E-state index contributed by atoms with van der Waals surface area (Å²) < 4.78 is 2.41. The van der Waals surface area contributed by atoms with E-state index in [9.17, 15) is 0 Å². The average Bonchev–Trinajstić information content (AvgIpc) is 4.01. The zero-order chi connectivity index (χ0) is 44.8. The van der Waals surface area contributed by atoms with Gasteiger partial charge in [-0.3, -0.25) is 0 Å². The van der Waals surface area contributed by atoms with Gasteiger partial charge in [-0.2, -0.15) is 0 Å². The summed E-state index contributed by atoms with van der Waals surface area (Å²) in [5.41, 5.74) is 19.9. The van der Waals surface area contributed by atoms with Crippen LogP contribution >= 0.6 is 0 Å². The van der Waals surface area contributed by atoms with Crippen molar-refractivity contribution in [3.63, 3.8) is 0 Å². The van der Waals surface area contributed by atoms with E-state index in [1.807, 2.05) is 0 Å². The average molecular weight is 866 g/mol. The smallest absolute Gasteiger partial charge is 0.0727 e. The van der Waals surface area contributed by atoms with Gasteiger partial charge in [0.2, 0.25) is 0 Å². The predicted octanol–water partition coefficient (Wildman–Crippen LogP) is 17.2. The van der Waals surface area contributed by atoms with E-state index in [4.69, 9.17) is 0 Å². The van der Waals surface area contributed by atoms with Gasteiger partial charge in [0.05, 0.1) is 22.1 Å². The summed E-state index contributed by atoms with van der Waals surface area (Å²) >= 11 is 0. The highest BCUT2D eigenvalue weighted by atomic mass is 15.2. The number of para-hydroxylation sites is 5. The second kappa shape index (κ2) is 15.1. The van der Waals surface area contributed by atoms with E-state index in [2.05, 4.69) is 275 Å². The molecule has 0 fully saturated rings. The Morgan fingerprint density at radius 1 is 0.279 bits per heavy atom. The molecule has 2 aliphatic rings. The molecule has 0 radical (unpaired) electrons. The quantitative estimate of drug-likeness (QED) is 0.158. The number of anilines is 6. The third-order valence-corrected chi connectivity index (χ3v) is 14.5. The largest absolute Gasteiger partial charge is 0.310 e. The van der Waals surface area contributed by atoms with Gasteiger partial charge < -0.3 is 14.4 Å². The number of rotatable bonds is 7. The Hall–Kier alpha value is -8.92. The number of nitrogens with zero attached hydrogens (tertiary/aromatic N) is 3. The van der Waals surface area contributed by atoms with E-state index in [0.29, 0.717) is 0 Å². The minimum atomic E-state index is -0.613. The molecule has 12 aromatic rings. The highest BCUT2D eigenvalue weighted by Crippen LogP contribution is 2.65. The Morgan fingerprint density at radius 3 is 1.46 bits per heavy atom. The Kier molecular flexibility index (Phi) is 8.50. The maximum atomic E-state index is 2.53. The summed E-state index contributed by atoms with van der Waals surface area (Å²) in [4.78, 5) is 4.89. The summed E-state index contributed by atoms with van der Waals surface area (Å²) in [5, 5.41) is 4.93. The van der Waals surface area contributed by atoms with Crippen molar-refractivity contribution in [2.45, 2.75) is 5.41 Å². The van der Waals surface area contributed by atoms with Gasteiger partial charge in [-0.15, -0.1) is 0 Å². The van der Waals surface area contributed by atoms with Crippen molar-refractivity contribution < 1.29 is 0 Å². The van der Waals surface area contributed by atoms with E-state index < -0.39 is 5.41 Å². The maximum absolute atomic E-state index is 2.53. The number of benzene rings is 11. The maximum Gasteiger partial charge on any atom is 0.0727 e. The lowest BCUT2D eigenvalue weighted by Crippen LogP contribution is -2.26. The standard InChI is InChI=1S/C65H43N3/c1-5-21-44(22-6-1)66(49-38-40-54-52-30-17-20-36-61(52)68(62(54)42-49)47-27-11-4-12-28-47)48-37-39-51-50-29-15-18-34-57(50)65(59(51)41-48)58-35-19-16-33-56(58)64-55-32-14-13-31-53(55)63(43-60(64)65)67(45-23-7-2-8-24-45)46-25-9-3-10-26-46/h1-43H. The molecule has 1 spiro atoms. The fraction of sp³-hybridized carbons (Fsp3) is 0.0154. The molecule has 1 aromatic heterocycles. The number of aromatic nitrogens is 1. The minimum Gasteiger partial charge on any atom is -0.310 e. The number of hydrogen-bond donors (Lipinski definition) is 0. The monoisotopic (exact) mass is 865 g/mol. The second-order valence-electron chi connectivity index (χ2n) is 18.0. The van der Waals surface area contributed by atoms with Gasteiger partial charge >= 0.3 is 0 Å². The van der Waals surface area contributed by atoms with Crippen LogP contribution in [0.3, 0.4) is 0 Å². The molecule has 11 aromatic carbocycles. The molecule has 0 saturated heterocycles. The zero-order valence-corrected chi connectivity index (χ0v) is 37.2. The van der Waals surface area contributed by atoms with E-state index in [0.717, 1.165) is 39.8 Å². The van der Waals surface area contributed by atoms with Gasteiger partial charge in [-0.05, 0) is 135 Å². The highest BCUT2D eigenvalue weighted by molar-refractivity contribution is 6.13. The molecule has 0 saturated carbocycles. The van der Waals surface area contributed by atoms with Gasteiger partial charge in [-0.25, -0.2) is 0 Å². The molecule has 0 bridgehead atoms. The van der Waals surface area contributed by atoms with Crippen LogP contribution in [-0.2, 0) is 5.41 Å². The van der Waals surface area contributed by atoms with Crippen molar-refractivity contribution in [3.05, 3.63) is 283 Å². The molecule has 0 N–H and O–H groups in total. The zero-order valence-electron chi connectivity index (χ0n) is 37.2. The van der Waals surface area contributed by atoms with Crippen molar-refractivity contribution in [1.29, 1.82) is 0 Å². The van der Waals surface area contributed by atoms with Gasteiger partial charge in [0.15, 0.2) is 0 Å². The third kappa shape index (κ3) is 5.47. The van der Waals surface area contributed by atoms with Gasteiger partial charge in [0.25, 0.3) is 0 Å². The Balaban J connectivity index is 1.06. The van der Waals surface area contributed by atoms with E-state index in [-0.39, 0.29) is 0 Å². The summed E-state index contributed by atoms with van der Waals surface area (Å²) in [6.07, 6.45) is 0. The first-order valence-corrected chi connectivity index (χ1v) is 23.5. The van der Waals surface area contributed by atoms with Crippen LogP contribution in [0.25, 0.3) is 60.5 Å². The number of fused-ring (bicyclic) bond motifs is 15. The third-order valence-electron chi connectivity index (χ3n) is 14.5. The van der Waals surface area contributed by atoms with E-state index in [1.54, 1.807) is 0 Å². The first kappa shape index (κ1) is 38.4. The van der Waals surface area contributed by atoms with Gasteiger partial charge in [0, 0.05) is 50.3 Å². The molecular formula is C65H43N3. The van der Waals surface area contributed by atoms with Crippen LogP contribution in [0.4, 0.5) is 34.1 Å². The molecule has 3 heteroatoms. The molecule has 1 unspecified atom stereocenters. The highest BCUT2D eigenvalue weighted by Gasteiger charge is 2.52. The predicted molar refractivity (Wildman–Crippen MR) is 284 cm³/mol. The Bertz CT molecular complexity index is 3870. The molecule has 3 nitrogen and oxygen atoms in total. The van der Waals surface area contributed by atoms with Crippen molar-refractivity contribution in [3.8, 4) is 27.9 Å². The van der Waals surface area contributed by atoms with E-state index >= 15 is 0 Å². The normalized spacial score (nSPS) is 14.2. The molecule has 318 valence electrons. The lowest BCUT2D eigenvalue weighted by molar-refractivity contribution is 0.794. The summed E-state index contributed by atoms with van der Waals surface area (Å²) in [5.74, 6) is 0. The van der Waals surface area contributed by atoms with Crippen LogP contribution in [0.5, 0.6) is 0 Å². The van der Waals surface area contributed by atoms with Crippen LogP contribution in [0, 0.1) is 0 Å². The van der Waals surface area contributed by atoms with Crippen LogP contribution in [0.2, 0.25) is 0 Å². The van der Waals surface area contributed by atoms with Crippen molar-refractivity contribution in [1.82, 2.24) is 4.57 Å². The van der Waals surface area contributed by atoms with E-state index in [1.165, 1.54) is 77.1 Å². The molecule has 0 amide bonds. The molecular weight excluding hydrogens is 823 g/mol. The lowest BCUT2D eigenvalue weighted by Gasteiger charge is -2.34. The van der Waals surface area contributed by atoms with Crippen molar-refractivity contribution in [2.24, 2.45) is 0 Å². The van der Waals surface area contributed by atoms with Crippen LogP contribution in [0.15, 0.2) is 261 Å². The fourth-order valence-corrected chi connectivity index (χ4v) is 11.8. The van der Waals surface area contributed by atoms with Crippen molar-refractivity contribution >= 4 is 66.7 Å². The van der Waals surface area contributed by atoms with Crippen LogP contribution < -0.4 is 9.80 Å². The fourth-order valence-electron chi connectivity index (χ4n) is 11.8. The SMILES string of the molecule is c1ccc(N(c2ccc3c(c2)C2(c4ccccc4-3)c3ccccc3-c3c2cc(N(c2ccccc2)c2ccccc2)c2ccccc32)c2ccc3c4ccccc4n(-c4ccccc4)c3c2)cc1. The molecule has 1 heterocycles. The Morgan fingerprint density at radius 2 is 0.765 bits per heavy atom. The first-order valence-electron chi connectivity index (χ1n) is 23.5. The Labute approximate surface area is 395 Å². The lowest BCUT2D eigenvalue weighted by atomic mass is 9.70. The van der Waals surface area contributed by atoms with Crippen LogP contribution in [-0.4, -0.2) is 4.57 Å². The molecule has 68 heavy (non-hydrogen) atoms. The summed E-state index contributed by atoms with van der Waals surface area (Å²) in [7, 11) is 0. The molecule has 14 rings (SSSR count). The molecule has 2 aliphatic carbocycles. The topological polar surface area (TPSA) is 11.4 Å². The number of hydrogen-bond acceptors (Lipinski definition) is 2. The van der Waals surface area contributed by atoms with Crippen LogP contribution in [0.1, 0.15) is 22.3 Å². The van der Waals surface area contributed by atoms with Gasteiger partial charge in [-0.1, -0.05) is 176 Å². The molecule has 1 atom stereocenters. The van der Waals surface area contributed by atoms with Gasteiger partial charge in [0.1, 0.15) is 0 Å². The first-order chi connectivity index (χ1) is 33.8.